The Hall–Kier alpha value is -5.91. The van der Waals surface area contributed by atoms with Gasteiger partial charge in [-0.1, -0.05) is 63.2 Å². The first-order valence-corrected chi connectivity index (χ1v) is 15.6. The number of carbonyl (C=O) groups excluding carboxylic acids is 5. The fraction of sp³-hybridized carbons (Fsp3) is 0.378. The third-order valence-corrected chi connectivity index (χ3v) is 4.87. The van der Waals surface area contributed by atoms with E-state index in [1.54, 1.807) is 13.8 Å². The predicted molar refractivity (Wildman–Crippen MR) is 194 cm³/mol. The molecule has 0 aromatic heterocycles. The molecule has 0 bridgehead atoms. The molecule has 0 aliphatic carbocycles. The molecule has 0 heterocycles. The lowest BCUT2D eigenvalue weighted by Crippen LogP contribution is -2.22. The summed E-state index contributed by atoms with van der Waals surface area (Å²) in [7, 11) is 0. The van der Waals surface area contributed by atoms with Crippen LogP contribution in [0.3, 0.4) is 0 Å². The zero-order valence-electron chi connectivity index (χ0n) is 31.1. The van der Waals surface area contributed by atoms with Crippen LogP contribution in [0.5, 0.6) is 0 Å². The van der Waals surface area contributed by atoms with Crippen LogP contribution in [-0.2, 0) is 63.9 Å². The van der Waals surface area contributed by atoms with E-state index in [0.717, 1.165) is 11.6 Å². The van der Waals surface area contributed by atoms with Gasteiger partial charge in [-0.05, 0) is 33.3 Å². The second-order valence-corrected chi connectivity index (χ2v) is 10.3. The molecule has 1 aromatic carbocycles. The molecule has 0 fully saturated rings. The van der Waals surface area contributed by atoms with Gasteiger partial charge in [-0.3, -0.25) is 9.59 Å². The van der Waals surface area contributed by atoms with Crippen LogP contribution >= 0.6 is 0 Å². The van der Waals surface area contributed by atoms with Gasteiger partial charge in [0.05, 0.1) is 26.1 Å². The molecule has 17 heteroatoms. The van der Waals surface area contributed by atoms with Crippen molar-refractivity contribution in [3.05, 3.63) is 97.2 Å². The minimum Gasteiger partial charge on any atom is -0.481 e. The fourth-order valence-corrected chi connectivity index (χ4v) is 2.09. The van der Waals surface area contributed by atoms with E-state index in [1.807, 2.05) is 30.3 Å². The van der Waals surface area contributed by atoms with E-state index in [4.69, 9.17) is 30.3 Å². The number of benzene rings is 1. The highest BCUT2D eigenvalue weighted by Crippen LogP contribution is 2.02. The first kappa shape index (κ1) is 54.9. The predicted octanol–water partition coefficient (Wildman–Crippen LogP) is 2.63. The summed E-state index contributed by atoms with van der Waals surface area (Å²) in [5.41, 5.74) is 2.21. The monoisotopic (exact) mass is 768 g/mol. The van der Waals surface area contributed by atoms with Crippen molar-refractivity contribution in [1.82, 2.24) is 0 Å². The molecule has 1 unspecified atom stereocenters. The standard InChI is InChI=1S/C11H12O2.C9H12O6.C7H12O4.C6H10O3.C4H6O2/c1-9(2)11(12)13-8-10-6-4-3-5-7-10;1-2-8(12)14-5-6-15-9(13)4-3-7(10)11;1-5(2)7(10)11-4-6(9)3-8;1-5(2)6(8)9-4-3-7;1-3(2)4(5)6/h3-7H,1,8H2,2H3;2H,1,3-6H2,(H,10,11);6,8-9H,1,3-4H2,2H3;7H,1,3-4H2,2H3;1H2,2H3,(H,5,6). The van der Waals surface area contributed by atoms with Gasteiger partial charge >= 0.3 is 41.8 Å². The molecule has 54 heavy (non-hydrogen) atoms. The average Bonchev–Trinajstić information content (AvgIpc) is 3.13. The largest absolute Gasteiger partial charge is 0.481 e. The Morgan fingerprint density at radius 2 is 1.13 bits per heavy atom. The number of aliphatic hydroxyl groups excluding tert-OH is 3. The third-order valence-electron chi connectivity index (χ3n) is 4.87. The lowest BCUT2D eigenvalue weighted by Gasteiger charge is -2.07. The van der Waals surface area contributed by atoms with E-state index in [0.29, 0.717) is 17.8 Å². The van der Waals surface area contributed by atoms with Crippen molar-refractivity contribution in [3.63, 3.8) is 0 Å². The number of carbonyl (C=O) groups is 7. The SMILES string of the molecule is C=C(C)C(=O)O.C=C(C)C(=O)OCC(O)CO.C=C(C)C(=O)OCCO.C=C(C)C(=O)OCc1ccccc1.C=CC(=O)OCCOC(=O)CCC(=O)O. The lowest BCUT2D eigenvalue weighted by molar-refractivity contribution is -0.151. The lowest BCUT2D eigenvalue weighted by atomic mass is 10.2. The Kier molecular flexibility index (Phi) is 36.1. The molecule has 0 saturated carbocycles. The number of carboxylic acid groups (broad SMARTS) is 2. The summed E-state index contributed by atoms with van der Waals surface area (Å²) < 4.78 is 23.0. The molecule has 0 amide bonds. The fourth-order valence-electron chi connectivity index (χ4n) is 2.09. The van der Waals surface area contributed by atoms with Gasteiger partial charge in [0.2, 0.25) is 0 Å². The highest BCUT2D eigenvalue weighted by atomic mass is 16.6. The van der Waals surface area contributed by atoms with Crippen molar-refractivity contribution in [2.75, 3.05) is 39.6 Å². The quantitative estimate of drug-likeness (QED) is 0.0622. The maximum Gasteiger partial charge on any atom is 0.333 e. The van der Waals surface area contributed by atoms with Crippen LogP contribution in [0.4, 0.5) is 0 Å². The number of hydrogen-bond donors (Lipinski definition) is 5. The van der Waals surface area contributed by atoms with Crippen molar-refractivity contribution >= 4 is 41.8 Å². The van der Waals surface area contributed by atoms with Crippen molar-refractivity contribution in [2.45, 2.75) is 53.2 Å². The van der Waals surface area contributed by atoms with Crippen LogP contribution in [0.15, 0.2) is 91.6 Å². The molecule has 0 aliphatic heterocycles. The Bertz CT molecular complexity index is 1370. The van der Waals surface area contributed by atoms with Gasteiger partial charge in [0.15, 0.2) is 0 Å². The Morgan fingerprint density at radius 1 is 0.667 bits per heavy atom. The van der Waals surface area contributed by atoms with Crippen LogP contribution in [-0.4, -0.2) is 113 Å². The van der Waals surface area contributed by atoms with Crippen molar-refractivity contribution in [1.29, 1.82) is 0 Å². The molecule has 17 nitrogen and oxygen atoms in total. The Morgan fingerprint density at radius 3 is 1.54 bits per heavy atom. The Balaban J connectivity index is -0.000000298. The van der Waals surface area contributed by atoms with Crippen molar-refractivity contribution < 1.29 is 82.8 Å². The minimum absolute atomic E-state index is 0.0473. The highest BCUT2D eigenvalue weighted by Gasteiger charge is 2.08. The number of aliphatic carboxylic acids is 2. The van der Waals surface area contributed by atoms with Gasteiger partial charge in [0, 0.05) is 28.4 Å². The summed E-state index contributed by atoms with van der Waals surface area (Å²) in [6.45, 7) is 22.1. The highest BCUT2D eigenvalue weighted by molar-refractivity contribution is 5.87. The normalized spacial score (nSPS) is 9.54. The number of ether oxygens (including phenoxy) is 5. The summed E-state index contributed by atoms with van der Waals surface area (Å²) in [5.74, 6) is -4.59. The first-order valence-electron chi connectivity index (χ1n) is 15.6. The molecule has 1 atom stereocenters. The van der Waals surface area contributed by atoms with Gasteiger partial charge in [0.25, 0.3) is 0 Å². The molecule has 1 rings (SSSR count). The third kappa shape index (κ3) is 40.5. The van der Waals surface area contributed by atoms with Gasteiger partial charge in [-0.2, -0.15) is 0 Å². The van der Waals surface area contributed by atoms with E-state index in [9.17, 15) is 33.6 Å². The van der Waals surface area contributed by atoms with E-state index < -0.39 is 48.5 Å². The number of carboxylic acids is 2. The van der Waals surface area contributed by atoms with Gasteiger partial charge in [-0.15, -0.1) is 0 Å². The molecule has 0 radical (unpaired) electrons. The molecule has 5 N–H and O–H groups in total. The maximum absolute atomic E-state index is 11.0. The van der Waals surface area contributed by atoms with Gasteiger partial charge in [-0.25, -0.2) is 24.0 Å². The van der Waals surface area contributed by atoms with Crippen LogP contribution in [0, 0.1) is 0 Å². The second kappa shape index (κ2) is 35.5. The molecular weight excluding hydrogens is 716 g/mol. The topological polar surface area (TPSA) is 267 Å². The average molecular weight is 769 g/mol. The molecule has 1 aromatic rings. The summed E-state index contributed by atoms with van der Waals surface area (Å²) in [4.78, 5) is 73.1. The molecule has 302 valence electrons. The van der Waals surface area contributed by atoms with Crippen molar-refractivity contribution in [2.24, 2.45) is 0 Å². The van der Waals surface area contributed by atoms with Crippen LogP contribution < -0.4 is 0 Å². The summed E-state index contributed by atoms with van der Waals surface area (Å²) in [6, 6.07) is 9.55. The first-order chi connectivity index (χ1) is 25.2. The number of aliphatic hydroxyl groups is 3. The zero-order chi connectivity index (χ0) is 42.6. The smallest absolute Gasteiger partial charge is 0.333 e. The zero-order valence-corrected chi connectivity index (χ0v) is 31.1. The van der Waals surface area contributed by atoms with Crippen LogP contribution in [0.2, 0.25) is 0 Å². The maximum atomic E-state index is 11.0. The van der Waals surface area contributed by atoms with E-state index in [1.165, 1.54) is 13.8 Å². The minimum atomic E-state index is -1.06. The Labute approximate surface area is 314 Å². The number of esters is 5. The van der Waals surface area contributed by atoms with Crippen molar-refractivity contribution in [3.8, 4) is 0 Å². The molecule has 0 aliphatic rings. The summed E-state index contributed by atoms with van der Waals surface area (Å²) in [5, 5.41) is 41.4. The summed E-state index contributed by atoms with van der Waals surface area (Å²) in [6.07, 6.45) is -0.472. The van der Waals surface area contributed by atoms with E-state index in [2.05, 4.69) is 51.8 Å². The van der Waals surface area contributed by atoms with E-state index in [-0.39, 0.29) is 63.0 Å². The summed E-state index contributed by atoms with van der Waals surface area (Å²) >= 11 is 0. The second-order valence-electron chi connectivity index (χ2n) is 10.3. The van der Waals surface area contributed by atoms with Crippen LogP contribution in [0.25, 0.3) is 0 Å². The molecule has 0 saturated heterocycles. The van der Waals surface area contributed by atoms with Gasteiger partial charge < -0.3 is 49.2 Å². The van der Waals surface area contributed by atoms with E-state index >= 15 is 0 Å². The molecular formula is C37H52O17. The van der Waals surface area contributed by atoms with Crippen LogP contribution in [0.1, 0.15) is 46.1 Å². The van der Waals surface area contributed by atoms with Gasteiger partial charge in [0.1, 0.15) is 39.1 Å². The number of rotatable bonds is 18. The number of hydrogen-bond acceptors (Lipinski definition) is 15. The molecule has 0 spiro atoms.